The summed E-state index contributed by atoms with van der Waals surface area (Å²) in [5.74, 6) is -1.66. The lowest BCUT2D eigenvalue weighted by atomic mass is 10.1. The molecule has 0 saturated carbocycles. The molecular weight excluding hydrogens is 471 g/mol. The van der Waals surface area contributed by atoms with Crippen LogP contribution in [0.1, 0.15) is 21.6 Å². The second-order valence-corrected chi connectivity index (χ2v) is 7.96. The van der Waals surface area contributed by atoms with Gasteiger partial charge in [0.1, 0.15) is 17.7 Å². The minimum Gasteiger partial charge on any atom is -0.451 e. The molecule has 0 fully saturated rings. The van der Waals surface area contributed by atoms with E-state index in [9.17, 15) is 22.8 Å². The Labute approximate surface area is 195 Å². The number of anilines is 1. The second-order valence-electron chi connectivity index (χ2n) is 7.10. The molecule has 1 amide bonds. The Bertz CT molecular complexity index is 1320. The van der Waals surface area contributed by atoms with Crippen LogP contribution in [-0.2, 0) is 15.7 Å². The van der Waals surface area contributed by atoms with Gasteiger partial charge in [0.25, 0.3) is 5.91 Å². The molecular formula is C22H16F3N5O3S. The number of thiazole rings is 1. The summed E-state index contributed by atoms with van der Waals surface area (Å²) in [6, 6.07) is 10.4. The fourth-order valence-electron chi connectivity index (χ4n) is 2.93. The molecule has 0 aliphatic rings. The van der Waals surface area contributed by atoms with Gasteiger partial charge < -0.3 is 10.1 Å². The van der Waals surface area contributed by atoms with Crippen molar-refractivity contribution in [3.05, 3.63) is 77.3 Å². The fraction of sp³-hybridized carbons (Fsp3) is 0.136. The van der Waals surface area contributed by atoms with Crippen LogP contribution in [0, 0.1) is 6.92 Å². The Kier molecular flexibility index (Phi) is 6.41. The highest BCUT2D eigenvalue weighted by molar-refractivity contribution is 7.13. The normalized spacial score (nSPS) is 11.3. The number of benzene rings is 2. The van der Waals surface area contributed by atoms with Gasteiger partial charge in [-0.1, -0.05) is 29.8 Å². The third-order valence-corrected chi connectivity index (χ3v) is 5.50. The quantitative estimate of drug-likeness (QED) is 0.402. The van der Waals surface area contributed by atoms with Crippen LogP contribution < -0.4 is 5.32 Å². The molecule has 4 aromatic rings. The van der Waals surface area contributed by atoms with Crippen molar-refractivity contribution in [1.82, 2.24) is 19.7 Å². The Morgan fingerprint density at radius 2 is 1.91 bits per heavy atom. The number of aromatic nitrogens is 4. The van der Waals surface area contributed by atoms with E-state index in [1.54, 1.807) is 0 Å². The number of carbonyl (C=O) groups excluding carboxylic acids is 2. The lowest BCUT2D eigenvalue weighted by molar-refractivity contribution is -0.137. The van der Waals surface area contributed by atoms with E-state index in [1.165, 1.54) is 34.1 Å². The van der Waals surface area contributed by atoms with E-state index in [0.29, 0.717) is 5.01 Å². The lowest BCUT2D eigenvalue weighted by Crippen LogP contribution is -2.22. The van der Waals surface area contributed by atoms with Gasteiger partial charge in [-0.15, -0.1) is 11.3 Å². The van der Waals surface area contributed by atoms with Crippen LogP contribution in [0.2, 0.25) is 0 Å². The zero-order chi connectivity index (χ0) is 24.3. The van der Waals surface area contributed by atoms with Gasteiger partial charge in [0.05, 0.1) is 16.9 Å². The largest absolute Gasteiger partial charge is 0.451 e. The summed E-state index contributed by atoms with van der Waals surface area (Å²) in [6.45, 7) is 1.23. The van der Waals surface area contributed by atoms with Crippen molar-refractivity contribution in [2.75, 3.05) is 11.9 Å². The van der Waals surface area contributed by atoms with Gasteiger partial charge in [0.2, 0.25) is 0 Å². The maximum Gasteiger partial charge on any atom is 0.416 e. The number of nitrogens with one attached hydrogen (secondary N) is 1. The van der Waals surface area contributed by atoms with Crippen LogP contribution in [0.25, 0.3) is 16.3 Å². The zero-order valence-corrected chi connectivity index (χ0v) is 18.4. The van der Waals surface area contributed by atoms with E-state index in [0.717, 1.165) is 29.3 Å². The van der Waals surface area contributed by atoms with E-state index >= 15 is 0 Å². The summed E-state index contributed by atoms with van der Waals surface area (Å²) in [5, 5.41) is 8.32. The molecule has 0 aliphatic heterocycles. The summed E-state index contributed by atoms with van der Waals surface area (Å²) >= 11 is 1.24. The Hall–Kier alpha value is -4.06. The molecule has 0 atom stereocenters. The molecule has 2 aromatic carbocycles. The SMILES string of the molecule is Cc1ccc(-c2nc(C(=O)OCC(=O)Nc3cc(C(F)(F)F)ccc3-n3cncn3)cs2)cc1. The van der Waals surface area contributed by atoms with Gasteiger partial charge in [-0.3, -0.25) is 4.79 Å². The maximum absolute atomic E-state index is 13.1. The number of rotatable bonds is 6. The zero-order valence-electron chi connectivity index (χ0n) is 17.5. The first kappa shape index (κ1) is 23.1. The van der Waals surface area contributed by atoms with Gasteiger partial charge in [-0.25, -0.2) is 19.4 Å². The fourth-order valence-corrected chi connectivity index (χ4v) is 3.73. The predicted octanol–water partition coefficient (Wildman–Crippen LogP) is 4.51. The monoisotopic (exact) mass is 487 g/mol. The number of nitrogens with zero attached hydrogens (tertiary/aromatic N) is 4. The minimum absolute atomic E-state index is 0.0238. The highest BCUT2D eigenvalue weighted by Gasteiger charge is 2.31. The summed E-state index contributed by atoms with van der Waals surface area (Å²) in [4.78, 5) is 32.6. The van der Waals surface area contributed by atoms with Crippen molar-refractivity contribution in [3.63, 3.8) is 0 Å². The van der Waals surface area contributed by atoms with E-state index in [2.05, 4.69) is 20.4 Å². The van der Waals surface area contributed by atoms with Gasteiger partial charge in [-0.2, -0.15) is 18.3 Å². The molecule has 1 N–H and O–H groups in total. The molecule has 12 heteroatoms. The highest BCUT2D eigenvalue weighted by Crippen LogP contribution is 2.33. The summed E-state index contributed by atoms with van der Waals surface area (Å²) in [5.41, 5.74) is 0.964. The molecule has 8 nitrogen and oxygen atoms in total. The van der Waals surface area contributed by atoms with Gasteiger partial charge in [0, 0.05) is 10.9 Å². The van der Waals surface area contributed by atoms with E-state index in [-0.39, 0.29) is 17.1 Å². The van der Waals surface area contributed by atoms with E-state index < -0.39 is 30.2 Å². The van der Waals surface area contributed by atoms with Crippen molar-refractivity contribution < 1.29 is 27.5 Å². The number of halogens is 3. The summed E-state index contributed by atoms with van der Waals surface area (Å²) in [6.07, 6.45) is -2.15. The molecule has 2 heterocycles. The molecule has 4 rings (SSSR count). The number of esters is 1. The van der Waals surface area contributed by atoms with Crippen molar-refractivity contribution >= 4 is 28.9 Å². The number of amides is 1. The molecule has 0 spiro atoms. The Morgan fingerprint density at radius 1 is 1.15 bits per heavy atom. The minimum atomic E-state index is -4.62. The first-order valence-corrected chi connectivity index (χ1v) is 10.6. The first-order chi connectivity index (χ1) is 16.2. The average molecular weight is 487 g/mol. The number of hydrogen-bond donors (Lipinski definition) is 1. The predicted molar refractivity (Wildman–Crippen MR) is 118 cm³/mol. The van der Waals surface area contributed by atoms with Crippen LogP contribution in [0.4, 0.5) is 18.9 Å². The molecule has 34 heavy (non-hydrogen) atoms. The maximum atomic E-state index is 13.1. The molecule has 0 saturated heterocycles. The van der Waals surface area contributed by atoms with E-state index in [1.807, 2.05) is 31.2 Å². The van der Waals surface area contributed by atoms with E-state index in [4.69, 9.17) is 4.74 Å². The average Bonchev–Trinajstić information content (AvgIpc) is 3.50. The standard InChI is InChI=1S/C22H16F3N5O3S/c1-13-2-4-14(5-3-13)20-29-17(10-34-20)21(32)33-9-19(31)28-16-8-15(22(23,24)25)6-7-18(16)30-12-26-11-27-30/h2-8,10-12H,9H2,1H3,(H,28,31). The third kappa shape index (κ3) is 5.29. The highest BCUT2D eigenvalue weighted by atomic mass is 32.1. The summed E-state index contributed by atoms with van der Waals surface area (Å²) in [7, 11) is 0. The van der Waals surface area contributed by atoms with Crippen LogP contribution in [0.15, 0.2) is 60.5 Å². The lowest BCUT2D eigenvalue weighted by Gasteiger charge is -2.14. The van der Waals surface area contributed by atoms with Gasteiger partial charge in [-0.05, 0) is 25.1 Å². The molecule has 2 aromatic heterocycles. The molecule has 0 unspecified atom stereocenters. The topological polar surface area (TPSA) is 99.0 Å². The molecule has 0 aliphatic carbocycles. The van der Waals surface area contributed by atoms with Crippen molar-refractivity contribution in [2.45, 2.75) is 13.1 Å². The van der Waals surface area contributed by atoms with Crippen LogP contribution >= 0.6 is 11.3 Å². The number of ether oxygens (including phenoxy) is 1. The van der Waals surface area contributed by atoms with Gasteiger partial charge in [0.15, 0.2) is 12.3 Å². The number of aryl methyl sites for hydroxylation is 1. The number of alkyl halides is 3. The van der Waals surface area contributed by atoms with Crippen molar-refractivity contribution in [1.29, 1.82) is 0 Å². The smallest absolute Gasteiger partial charge is 0.416 e. The first-order valence-electron chi connectivity index (χ1n) is 9.76. The van der Waals surface area contributed by atoms with Crippen molar-refractivity contribution in [3.8, 4) is 16.3 Å². The van der Waals surface area contributed by atoms with Gasteiger partial charge >= 0.3 is 12.1 Å². The summed E-state index contributed by atoms with van der Waals surface area (Å²) < 4.78 is 45.6. The van der Waals surface area contributed by atoms with Crippen LogP contribution in [0.5, 0.6) is 0 Å². The number of hydrogen-bond acceptors (Lipinski definition) is 7. The van der Waals surface area contributed by atoms with Crippen LogP contribution in [-0.4, -0.2) is 38.2 Å². The van der Waals surface area contributed by atoms with Crippen molar-refractivity contribution in [2.24, 2.45) is 0 Å². The molecule has 174 valence electrons. The molecule has 0 bridgehead atoms. The third-order valence-electron chi connectivity index (χ3n) is 4.61. The number of carbonyl (C=O) groups is 2. The Morgan fingerprint density at radius 3 is 2.59 bits per heavy atom. The van der Waals surface area contributed by atoms with Crippen LogP contribution in [0.3, 0.4) is 0 Å². The molecule has 0 radical (unpaired) electrons. The second kappa shape index (κ2) is 9.43. The Balaban J connectivity index is 1.44.